The van der Waals surface area contributed by atoms with Gasteiger partial charge in [-0.1, -0.05) is 36.4 Å². The molecular weight excluding hydrogens is 477 g/mol. The van der Waals surface area contributed by atoms with E-state index in [1.54, 1.807) is 0 Å². The van der Waals surface area contributed by atoms with Crippen molar-refractivity contribution in [3.63, 3.8) is 0 Å². The smallest absolute Gasteiger partial charge is 0.201 e. The summed E-state index contributed by atoms with van der Waals surface area (Å²) in [6, 6.07) is 31.7. The van der Waals surface area contributed by atoms with Gasteiger partial charge in [0.05, 0.1) is 0 Å². The highest BCUT2D eigenvalue weighted by Gasteiger charge is 2.54. The van der Waals surface area contributed by atoms with Crippen molar-refractivity contribution in [3.05, 3.63) is 129 Å². The van der Waals surface area contributed by atoms with E-state index in [1.807, 2.05) is 22.7 Å². The predicted octanol–water partition coefficient (Wildman–Crippen LogP) is 7.21. The van der Waals surface area contributed by atoms with E-state index >= 15 is 0 Å². The Bertz CT molecular complexity index is 1550. The first kappa shape index (κ1) is 21.9. The summed E-state index contributed by atoms with van der Waals surface area (Å²) in [5, 5.41) is 7.24. The Kier molecular flexibility index (Phi) is 5.26. The molecule has 4 heteroatoms. The maximum absolute atomic E-state index is 2.38. The average Bonchev–Trinajstić information content (AvgIpc) is 3.62. The lowest BCUT2D eigenvalue weighted by molar-refractivity contribution is -0.645. The van der Waals surface area contributed by atoms with Gasteiger partial charge in [-0.3, -0.25) is 0 Å². The summed E-state index contributed by atoms with van der Waals surface area (Å²) in [4.78, 5) is 2.99. The van der Waals surface area contributed by atoms with Crippen LogP contribution in [-0.2, 0) is 14.1 Å². The molecule has 0 atom stereocenters. The Morgan fingerprint density at radius 2 is 0.944 bits per heavy atom. The molecule has 0 bridgehead atoms. The molecule has 0 radical (unpaired) electrons. The van der Waals surface area contributed by atoms with Crippen LogP contribution < -0.4 is 9.13 Å². The van der Waals surface area contributed by atoms with Crippen molar-refractivity contribution in [1.29, 1.82) is 0 Å². The molecule has 36 heavy (non-hydrogen) atoms. The molecule has 2 nitrogen and oxygen atoms in total. The third kappa shape index (κ3) is 3.28. The summed E-state index contributed by atoms with van der Waals surface area (Å²) in [5.41, 5.74) is 5.54. The number of hydrogen-bond donors (Lipinski definition) is 0. The van der Waals surface area contributed by atoms with Crippen molar-refractivity contribution in [2.24, 2.45) is 14.1 Å². The summed E-state index contributed by atoms with van der Waals surface area (Å²) in [6.07, 6.45) is 4.50. The number of hydrogen-bond acceptors (Lipinski definition) is 2. The highest BCUT2D eigenvalue weighted by molar-refractivity contribution is 7.10. The number of benzene rings is 2. The van der Waals surface area contributed by atoms with Gasteiger partial charge in [-0.05, 0) is 46.2 Å². The van der Waals surface area contributed by atoms with Crippen molar-refractivity contribution in [2.45, 2.75) is 23.7 Å². The van der Waals surface area contributed by atoms with Crippen LogP contribution in [0.3, 0.4) is 0 Å². The second kappa shape index (κ2) is 8.65. The minimum atomic E-state index is 0.422. The summed E-state index contributed by atoms with van der Waals surface area (Å²) in [6.45, 7) is 0. The minimum Gasteiger partial charge on any atom is -0.201 e. The van der Waals surface area contributed by atoms with Gasteiger partial charge in [0.2, 0.25) is 11.0 Å². The Morgan fingerprint density at radius 3 is 1.36 bits per heavy atom. The Labute approximate surface area is 219 Å². The Morgan fingerprint density at radius 1 is 0.500 bits per heavy atom. The molecule has 2 aromatic carbocycles. The minimum absolute atomic E-state index is 0.422. The molecule has 7 rings (SSSR count). The van der Waals surface area contributed by atoms with Gasteiger partial charge in [0.25, 0.3) is 0 Å². The lowest BCUT2D eigenvalue weighted by atomic mass is 9.51. The van der Waals surface area contributed by atoms with Crippen molar-refractivity contribution in [2.75, 3.05) is 0 Å². The quantitative estimate of drug-likeness (QED) is 0.224. The van der Waals surface area contributed by atoms with Gasteiger partial charge in [0.1, 0.15) is 14.1 Å². The third-order valence-corrected chi connectivity index (χ3v) is 10.1. The molecule has 0 N–H and O–H groups in total. The zero-order chi connectivity index (χ0) is 24.2. The molecule has 1 saturated carbocycles. The number of rotatable bonds is 4. The predicted molar refractivity (Wildman–Crippen MR) is 150 cm³/mol. The van der Waals surface area contributed by atoms with Crippen LogP contribution in [0.5, 0.6) is 0 Å². The summed E-state index contributed by atoms with van der Waals surface area (Å²) in [5.74, 6) is 1.71. The molecule has 0 spiro atoms. The number of para-hydroxylation sites is 2. The number of pyridine rings is 2. The van der Waals surface area contributed by atoms with E-state index in [1.165, 1.54) is 42.7 Å². The van der Waals surface area contributed by atoms with E-state index in [9.17, 15) is 0 Å². The highest BCUT2D eigenvalue weighted by atomic mass is 32.1. The van der Waals surface area contributed by atoms with Gasteiger partial charge in [-0.15, -0.1) is 22.7 Å². The second-order valence-corrected chi connectivity index (χ2v) is 11.9. The first-order valence-electron chi connectivity index (χ1n) is 12.5. The largest absolute Gasteiger partial charge is 0.212 e. The molecular formula is C32H28N2S2+2. The SMILES string of the molecule is C[n+]1ccc(C2C(c3cccs3)C(c3cc[n+](C)c4ccccc34)C2c2cccs2)c2ccccc21. The number of aryl methyl sites for hydroxylation is 2. The number of nitrogens with zero attached hydrogens (tertiary/aromatic N) is 2. The molecule has 1 aliphatic carbocycles. The fourth-order valence-corrected chi connectivity index (χ4v) is 8.39. The van der Waals surface area contributed by atoms with Gasteiger partial charge in [-0.25, -0.2) is 9.13 Å². The van der Waals surface area contributed by atoms with Crippen LogP contribution in [-0.4, -0.2) is 0 Å². The third-order valence-electron chi connectivity index (χ3n) is 8.15. The van der Waals surface area contributed by atoms with E-state index in [0.717, 1.165) is 0 Å². The van der Waals surface area contributed by atoms with E-state index < -0.39 is 0 Å². The lowest BCUT2D eigenvalue weighted by Gasteiger charge is -2.52. The van der Waals surface area contributed by atoms with Crippen molar-refractivity contribution < 1.29 is 9.13 Å². The molecule has 1 aliphatic rings. The average molecular weight is 505 g/mol. The second-order valence-electron chi connectivity index (χ2n) is 9.93. The highest BCUT2D eigenvalue weighted by Crippen LogP contribution is 2.68. The topological polar surface area (TPSA) is 7.76 Å². The van der Waals surface area contributed by atoms with Crippen molar-refractivity contribution >= 4 is 44.5 Å². The fraction of sp³-hybridized carbons (Fsp3) is 0.188. The molecule has 4 heterocycles. The maximum Gasteiger partial charge on any atom is 0.212 e. The molecule has 1 fully saturated rings. The maximum atomic E-state index is 2.38. The number of fused-ring (bicyclic) bond motifs is 2. The zero-order valence-electron chi connectivity index (χ0n) is 20.4. The first-order chi connectivity index (χ1) is 17.7. The zero-order valence-corrected chi connectivity index (χ0v) is 22.0. The summed E-state index contributed by atoms with van der Waals surface area (Å²) >= 11 is 3.83. The Balaban J connectivity index is 1.49. The van der Waals surface area contributed by atoms with Crippen LogP contribution >= 0.6 is 22.7 Å². The van der Waals surface area contributed by atoms with E-state index in [4.69, 9.17) is 0 Å². The molecule has 0 aliphatic heterocycles. The Hall–Kier alpha value is -3.34. The van der Waals surface area contributed by atoms with E-state index in [-0.39, 0.29) is 0 Å². The molecule has 176 valence electrons. The van der Waals surface area contributed by atoms with Crippen LogP contribution in [0.4, 0.5) is 0 Å². The molecule has 0 saturated heterocycles. The van der Waals surface area contributed by atoms with Crippen LogP contribution in [0.15, 0.2) is 108 Å². The number of thiophene rings is 2. The van der Waals surface area contributed by atoms with Crippen molar-refractivity contribution in [3.8, 4) is 0 Å². The van der Waals surface area contributed by atoms with Gasteiger partial charge < -0.3 is 0 Å². The van der Waals surface area contributed by atoms with Gasteiger partial charge in [0, 0.05) is 68.5 Å². The fourth-order valence-electron chi connectivity index (χ4n) is 6.55. The normalized spacial score (nSPS) is 21.6. The first-order valence-corrected chi connectivity index (χ1v) is 14.3. The number of aromatic nitrogens is 2. The summed E-state index contributed by atoms with van der Waals surface area (Å²) in [7, 11) is 4.30. The van der Waals surface area contributed by atoms with Crippen molar-refractivity contribution in [1.82, 2.24) is 0 Å². The molecule has 0 unspecified atom stereocenters. The van der Waals surface area contributed by atoms with E-state index in [2.05, 4.69) is 131 Å². The van der Waals surface area contributed by atoms with Gasteiger partial charge in [-0.2, -0.15) is 0 Å². The lowest BCUT2D eigenvalue weighted by Crippen LogP contribution is -2.41. The molecule has 6 aromatic rings. The van der Waals surface area contributed by atoms with Crippen LogP contribution in [0.1, 0.15) is 44.6 Å². The van der Waals surface area contributed by atoms with Crippen LogP contribution in [0.2, 0.25) is 0 Å². The van der Waals surface area contributed by atoms with Gasteiger partial charge in [0.15, 0.2) is 12.4 Å². The summed E-state index contributed by atoms with van der Waals surface area (Å²) < 4.78 is 4.50. The molecule has 4 aromatic heterocycles. The van der Waals surface area contributed by atoms with Crippen LogP contribution in [0.25, 0.3) is 21.8 Å². The van der Waals surface area contributed by atoms with Crippen LogP contribution in [0, 0.1) is 0 Å². The van der Waals surface area contributed by atoms with E-state index in [0.29, 0.717) is 23.7 Å². The standard InChI is InChI=1S/C32H28N2S2/c1-33-17-15-23(21-9-3-5-11-25(21)33)29-31(27-13-7-19-35-27)30(32(29)28-14-8-20-36-28)24-16-18-34(2)26-12-6-4-10-22(24)26/h3-20,29-32H,1-2H3/q+2. The monoisotopic (exact) mass is 504 g/mol. The molecule has 0 amide bonds. The van der Waals surface area contributed by atoms with Gasteiger partial charge >= 0.3 is 0 Å².